The Morgan fingerprint density at radius 3 is 2.50 bits per heavy atom. The molecular weight excluding hydrogens is 370 g/mol. The van der Waals surface area contributed by atoms with Crippen LogP contribution in [-0.4, -0.2) is 31.2 Å². The van der Waals surface area contributed by atoms with Crippen molar-refractivity contribution in [2.24, 2.45) is 0 Å². The van der Waals surface area contributed by atoms with Crippen LogP contribution in [0.2, 0.25) is 5.02 Å². The molecule has 26 heavy (non-hydrogen) atoms. The average molecular weight is 390 g/mol. The summed E-state index contributed by atoms with van der Waals surface area (Å²) in [6, 6.07) is 12.5. The molecule has 0 radical (unpaired) electrons. The molecule has 2 aromatic rings. The van der Waals surface area contributed by atoms with Crippen LogP contribution >= 0.6 is 23.8 Å². The van der Waals surface area contributed by atoms with E-state index in [4.69, 9.17) is 28.6 Å². The van der Waals surface area contributed by atoms with E-state index in [1.165, 1.54) is 0 Å². The highest BCUT2D eigenvalue weighted by molar-refractivity contribution is 7.80. The van der Waals surface area contributed by atoms with Gasteiger partial charge in [0.15, 0.2) is 5.11 Å². The lowest BCUT2D eigenvalue weighted by Crippen LogP contribution is -2.34. The second kappa shape index (κ2) is 8.38. The number of hydrogen-bond acceptors (Lipinski definition) is 4. The van der Waals surface area contributed by atoms with Crippen LogP contribution in [0.5, 0.6) is 5.75 Å². The Hall–Kier alpha value is -2.31. The lowest BCUT2D eigenvalue weighted by atomic mass is 10.2. The van der Waals surface area contributed by atoms with E-state index in [-0.39, 0.29) is 11.0 Å². The third-order valence-electron chi connectivity index (χ3n) is 4.24. The second-order valence-electron chi connectivity index (χ2n) is 5.97. The lowest BCUT2D eigenvalue weighted by Gasteiger charge is -2.23. The molecule has 1 heterocycles. The molecule has 2 aromatic carbocycles. The SMILES string of the molecule is COc1ccc(C(=O)NC(=S)Nc2cccc(Cl)c2N2CCCC2)cc1. The standard InChI is InChI=1S/C19H20ClN3O2S/c1-25-14-9-7-13(8-10-14)18(24)22-19(26)21-16-6-4-5-15(20)17(16)23-11-2-3-12-23/h4-10H,2-3,11-12H2,1H3,(H2,21,22,24,26). The molecule has 5 nitrogen and oxygen atoms in total. The van der Waals surface area contributed by atoms with Gasteiger partial charge in [0.05, 0.1) is 23.5 Å². The first-order valence-electron chi connectivity index (χ1n) is 8.38. The van der Waals surface area contributed by atoms with Crippen LogP contribution in [-0.2, 0) is 0 Å². The van der Waals surface area contributed by atoms with Crippen LogP contribution in [0.3, 0.4) is 0 Å². The highest BCUT2D eigenvalue weighted by atomic mass is 35.5. The molecule has 0 atom stereocenters. The van der Waals surface area contributed by atoms with Crippen molar-refractivity contribution in [3.8, 4) is 5.75 Å². The first kappa shape index (κ1) is 18.5. The van der Waals surface area contributed by atoms with Gasteiger partial charge >= 0.3 is 0 Å². The predicted molar refractivity (Wildman–Crippen MR) is 110 cm³/mol. The number of amides is 1. The van der Waals surface area contributed by atoms with E-state index in [1.807, 2.05) is 18.2 Å². The fraction of sp³-hybridized carbons (Fsp3) is 0.263. The molecule has 1 fully saturated rings. The smallest absolute Gasteiger partial charge is 0.257 e. The number of nitrogens with one attached hydrogen (secondary N) is 2. The molecular formula is C19H20ClN3O2S. The summed E-state index contributed by atoms with van der Waals surface area (Å²) < 4.78 is 5.10. The zero-order chi connectivity index (χ0) is 18.5. The minimum atomic E-state index is -0.282. The topological polar surface area (TPSA) is 53.6 Å². The Bertz CT molecular complexity index is 805. The summed E-state index contributed by atoms with van der Waals surface area (Å²) in [7, 11) is 1.58. The maximum Gasteiger partial charge on any atom is 0.257 e. The Morgan fingerprint density at radius 1 is 1.15 bits per heavy atom. The monoisotopic (exact) mass is 389 g/mol. The zero-order valence-corrected chi connectivity index (χ0v) is 16.0. The van der Waals surface area contributed by atoms with E-state index in [1.54, 1.807) is 31.4 Å². The number of hydrogen-bond donors (Lipinski definition) is 2. The molecule has 1 aliphatic rings. The summed E-state index contributed by atoms with van der Waals surface area (Å²) in [4.78, 5) is 14.6. The Balaban J connectivity index is 1.69. The number of ether oxygens (including phenoxy) is 1. The minimum Gasteiger partial charge on any atom is -0.497 e. The maximum absolute atomic E-state index is 12.3. The van der Waals surface area contributed by atoms with Gasteiger partial charge in [-0.3, -0.25) is 10.1 Å². The molecule has 0 unspecified atom stereocenters. The van der Waals surface area contributed by atoms with E-state index < -0.39 is 0 Å². The summed E-state index contributed by atoms with van der Waals surface area (Å²) in [5.74, 6) is 0.409. The summed E-state index contributed by atoms with van der Waals surface area (Å²) in [5, 5.41) is 6.70. The van der Waals surface area contributed by atoms with Gasteiger partial charge in [-0.2, -0.15) is 0 Å². The number of methoxy groups -OCH3 is 1. The highest BCUT2D eigenvalue weighted by Crippen LogP contribution is 2.35. The second-order valence-corrected chi connectivity index (χ2v) is 6.78. The quantitative estimate of drug-likeness (QED) is 0.772. The molecule has 1 aliphatic heterocycles. The predicted octanol–water partition coefficient (Wildman–Crippen LogP) is 4.08. The van der Waals surface area contributed by atoms with E-state index in [0.717, 1.165) is 37.3 Å². The van der Waals surface area contributed by atoms with Crippen molar-refractivity contribution in [2.45, 2.75) is 12.8 Å². The van der Waals surface area contributed by atoms with Crippen molar-refractivity contribution in [1.82, 2.24) is 5.32 Å². The molecule has 0 bridgehead atoms. The minimum absolute atomic E-state index is 0.230. The summed E-state index contributed by atoms with van der Waals surface area (Å²) in [6.07, 6.45) is 2.28. The number of carbonyl (C=O) groups excluding carboxylic acids is 1. The molecule has 0 aliphatic carbocycles. The zero-order valence-electron chi connectivity index (χ0n) is 14.4. The number of para-hydroxylation sites is 1. The van der Waals surface area contributed by atoms with Crippen molar-refractivity contribution in [3.63, 3.8) is 0 Å². The van der Waals surface area contributed by atoms with Crippen molar-refractivity contribution in [1.29, 1.82) is 0 Å². The number of benzene rings is 2. The molecule has 3 rings (SSSR count). The number of halogens is 1. The van der Waals surface area contributed by atoms with Gasteiger partial charge in [-0.25, -0.2) is 0 Å². The molecule has 0 spiro atoms. The lowest BCUT2D eigenvalue weighted by molar-refractivity contribution is 0.0977. The number of carbonyl (C=O) groups is 1. The largest absolute Gasteiger partial charge is 0.497 e. The molecule has 1 amide bonds. The van der Waals surface area contributed by atoms with Crippen molar-refractivity contribution < 1.29 is 9.53 Å². The van der Waals surface area contributed by atoms with Crippen molar-refractivity contribution >= 4 is 46.2 Å². The van der Waals surface area contributed by atoms with Gasteiger partial charge in [0.1, 0.15) is 5.75 Å². The maximum atomic E-state index is 12.3. The number of anilines is 2. The average Bonchev–Trinajstić information content (AvgIpc) is 3.16. The van der Waals surface area contributed by atoms with Crippen molar-refractivity contribution in [3.05, 3.63) is 53.1 Å². The molecule has 7 heteroatoms. The van der Waals surface area contributed by atoms with Gasteiger partial charge in [-0.1, -0.05) is 17.7 Å². The Labute approximate surface area is 163 Å². The number of rotatable bonds is 4. The van der Waals surface area contributed by atoms with Gasteiger partial charge in [-0.05, 0) is 61.5 Å². The van der Waals surface area contributed by atoms with Crippen LogP contribution < -0.4 is 20.3 Å². The van der Waals surface area contributed by atoms with Crippen LogP contribution in [0.1, 0.15) is 23.2 Å². The van der Waals surface area contributed by atoms with Crippen LogP contribution in [0.25, 0.3) is 0 Å². The molecule has 0 saturated carbocycles. The van der Waals surface area contributed by atoms with Gasteiger partial charge in [0, 0.05) is 18.7 Å². The number of thiocarbonyl (C=S) groups is 1. The van der Waals surface area contributed by atoms with Crippen molar-refractivity contribution in [2.75, 3.05) is 30.4 Å². The van der Waals surface area contributed by atoms with E-state index in [0.29, 0.717) is 16.3 Å². The van der Waals surface area contributed by atoms with Crippen LogP contribution in [0.15, 0.2) is 42.5 Å². The Kier molecular flexibility index (Phi) is 5.96. The normalized spacial score (nSPS) is 13.4. The van der Waals surface area contributed by atoms with Crippen LogP contribution in [0.4, 0.5) is 11.4 Å². The van der Waals surface area contributed by atoms with Gasteiger partial charge in [-0.15, -0.1) is 0 Å². The third kappa shape index (κ3) is 4.26. The van der Waals surface area contributed by atoms with E-state index in [9.17, 15) is 4.79 Å². The fourth-order valence-electron chi connectivity index (χ4n) is 2.95. The van der Waals surface area contributed by atoms with Gasteiger partial charge < -0.3 is 15.0 Å². The number of nitrogens with zero attached hydrogens (tertiary/aromatic N) is 1. The molecule has 1 saturated heterocycles. The first-order valence-corrected chi connectivity index (χ1v) is 9.17. The highest BCUT2D eigenvalue weighted by Gasteiger charge is 2.19. The van der Waals surface area contributed by atoms with Gasteiger partial charge in [0.2, 0.25) is 0 Å². The van der Waals surface area contributed by atoms with E-state index >= 15 is 0 Å². The summed E-state index contributed by atoms with van der Waals surface area (Å²) in [6.45, 7) is 1.92. The first-order chi connectivity index (χ1) is 12.6. The molecule has 0 aromatic heterocycles. The summed E-state index contributed by atoms with van der Waals surface area (Å²) in [5.41, 5.74) is 2.22. The van der Waals surface area contributed by atoms with E-state index in [2.05, 4.69) is 15.5 Å². The Morgan fingerprint density at radius 2 is 1.85 bits per heavy atom. The van der Waals surface area contributed by atoms with Gasteiger partial charge in [0.25, 0.3) is 5.91 Å². The van der Waals surface area contributed by atoms with Crippen LogP contribution in [0, 0.1) is 0 Å². The molecule has 2 N–H and O–H groups in total. The summed E-state index contributed by atoms with van der Waals surface area (Å²) >= 11 is 11.7. The third-order valence-corrected chi connectivity index (χ3v) is 4.75. The fourth-order valence-corrected chi connectivity index (χ4v) is 3.45. The molecule has 136 valence electrons.